The first-order chi connectivity index (χ1) is 34.5. The van der Waals surface area contributed by atoms with Crippen LogP contribution >= 0.6 is 24.4 Å². The van der Waals surface area contributed by atoms with Crippen molar-refractivity contribution in [2.24, 2.45) is 20.5 Å². The first-order valence-corrected chi connectivity index (χ1v) is 22.1. The van der Waals surface area contributed by atoms with Crippen molar-refractivity contribution in [3.63, 3.8) is 0 Å². The number of nitrogen functional groups attached to an aromatic ring is 2. The van der Waals surface area contributed by atoms with Gasteiger partial charge in [-0.15, -0.1) is 55.5 Å². The number of carboxylic acid groups (broad SMARTS) is 2. The summed E-state index contributed by atoms with van der Waals surface area (Å²) in [4.78, 5) is 71.9. The number of hydrogen-bond donors (Lipinski definition) is 3. The molecule has 5 aromatic heterocycles. The van der Waals surface area contributed by atoms with E-state index in [-0.39, 0.29) is 377 Å². The molecule has 7 aromatic rings. The molecule has 0 fully saturated rings. The number of anilines is 2. The van der Waals surface area contributed by atoms with Gasteiger partial charge in [-0.1, -0.05) is 41.5 Å². The number of aromatic carboxylic acids is 2. The molecular formula is C43H34K5N19O9S2. The maximum absolute atomic E-state index is 13.3. The van der Waals surface area contributed by atoms with Crippen LogP contribution < -0.4 is 284 Å². The van der Waals surface area contributed by atoms with E-state index in [1.807, 2.05) is 47.6 Å². The Labute approximate surface area is 666 Å². The van der Waals surface area contributed by atoms with Gasteiger partial charge in [-0.05, 0) is 17.6 Å². The van der Waals surface area contributed by atoms with Crippen molar-refractivity contribution in [3.05, 3.63) is 93.7 Å². The smallest absolute Gasteiger partial charge is 0.844 e. The molecule has 0 saturated carbocycles. The minimum atomic E-state index is -1.46. The molecule has 0 aliphatic heterocycles. The number of thioether (sulfide) groups is 1. The second kappa shape index (κ2) is 34.3. The Morgan fingerprint density at radius 2 is 1.13 bits per heavy atom. The van der Waals surface area contributed by atoms with Gasteiger partial charge >= 0.3 is 269 Å². The fourth-order valence-corrected chi connectivity index (χ4v) is 7.03. The molecule has 0 radical (unpaired) electrons. The maximum Gasteiger partial charge on any atom is 1.00 e. The van der Waals surface area contributed by atoms with Crippen LogP contribution in [-0.2, 0) is 35.8 Å². The summed E-state index contributed by atoms with van der Waals surface area (Å²) in [7, 11) is 0. The number of carbonyl (C=O) groups excluding carboxylic acids is 6. The van der Waals surface area contributed by atoms with Crippen molar-refractivity contribution in [3.8, 4) is 35.4 Å². The number of carbonyl (C=O) groups is 2. The predicted octanol–water partition coefficient (Wildman–Crippen LogP) is -12.0. The van der Waals surface area contributed by atoms with Crippen LogP contribution in [0.3, 0.4) is 0 Å². The zero-order valence-corrected chi connectivity index (χ0v) is 61.3. The third-order valence-electron chi connectivity index (χ3n) is 9.48. The van der Waals surface area contributed by atoms with Gasteiger partial charge < -0.3 is 36.4 Å². The average molecular weight is 1220 g/mol. The summed E-state index contributed by atoms with van der Waals surface area (Å²) in [5.41, 5.74) is 12.6. The van der Waals surface area contributed by atoms with Gasteiger partial charge in [0.05, 0.1) is 29.7 Å². The maximum atomic E-state index is 13.3. The van der Waals surface area contributed by atoms with E-state index in [0.717, 1.165) is 21.1 Å². The number of rotatable bonds is 12. The van der Waals surface area contributed by atoms with Crippen LogP contribution in [0.2, 0.25) is 0 Å². The molecule has 0 aliphatic carbocycles. The third-order valence-corrected chi connectivity index (χ3v) is 10.4. The monoisotopic (exact) mass is 1220 g/mol. The van der Waals surface area contributed by atoms with E-state index in [4.69, 9.17) is 37.2 Å². The Bertz CT molecular complexity index is 3300. The van der Waals surface area contributed by atoms with Gasteiger partial charge in [0.2, 0.25) is 0 Å². The van der Waals surface area contributed by atoms with E-state index >= 15 is 0 Å². The molecule has 0 spiro atoms. The van der Waals surface area contributed by atoms with Gasteiger partial charge in [0.25, 0.3) is 17.6 Å². The standard InChI is InChI=1S/C41H37N19O5S2.2CO2.5K/c1-40(2,3)28-25(49-51-32-23(17-42)24(18-66)53-57(32)21-13-9-11-19(15-21)35(61)62)30(43)59(54-28)37-46-38(48-39(65)47-37)60-31(44)26(29(55-60)41(4,5)6)50-52-33-27(45-7)34(67-8)56-58(33)22-14-10-12-20(16-22)36(63)64;2*2-1-3;;;;;/h11-16,66H,18,43-44H2,1-6,8H3,(H,61,62)(H,63,64)(H,46,47,48,65);;;;;;;/q-2;;;5*+1/p-3. The molecule has 5 heterocycles. The fraction of sp³-hybridized carbons (Fsp3) is 0.233. The van der Waals surface area contributed by atoms with E-state index < -0.39 is 28.8 Å². The molecule has 0 atom stereocenters. The van der Waals surface area contributed by atoms with Gasteiger partial charge in [0.1, 0.15) is 16.7 Å². The van der Waals surface area contributed by atoms with Crippen LogP contribution in [-0.4, -0.2) is 84.6 Å². The Morgan fingerprint density at radius 1 is 0.718 bits per heavy atom. The van der Waals surface area contributed by atoms with Crippen molar-refractivity contribution in [1.82, 2.24) is 54.1 Å². The number of thiol groups is 1. The first-order valence-electron chi connectivity index (χ1n) is 20.2. The van der Waals surface area contributed by atoms with Crippen LogP contribution in [0.15, 0.2) is 61.9 Å². The van der Waals surface area contributed by atoms with E-state index in [1.165, 1.54) is 45.8 Å². The van der Waals surface area contributed by atoms with Crippen LogP contribution in [0, 0.1) is 30.0 Å². The summed E-state index contributed by atoms with van der Waals surface area (Å²) in [5.74, 6) is -4.13. The minimum Gasteiger partial charge on any atom is -0.844 e. The van der Waals surface area contributed by atoms with E-state index in [9.17, 15) is 30.2 Å². The van der Waals surface area contributed by atoms with Crippen molar-refractivity contribution in [2.45, 2.75) is 63.2 Å². The summed E-state index contributed by atoms with van der Waals surface area (Å²) < 4.78 is 4.56. The summed E-state index contributed by atoms with van der Waals surface area (Å²) in [6, 6.07) is 14.3. The van der Waals surface area contributed by atoms with Crippen molar-refractivity contribution in [2.75, 3.05) is 17.7 Å². The zero-order valence-electron chi connectivity index (χ0n) is 44.0. The number of benzene rings is 2. The van der Waals surface area contributed by atoms with Crippen LogP contribution in [0.5, 0.6) is 6.01 Å². The molecule has 0 amide bonds. The SMILES string of the molecule is O=C=O.O=C=O.[C-]#[N+]c1c(SC)nn(-c2c[c-]cc(C(=O)[O-])c2)c1N=Nc1c(C(C)(C)C)nn(-c2nc([O-])nc(-n3nc(C(C)(C)C)c(N=Nc4c(C#N)c(CS)nn4-c4c[c-]cc(C(=O)[O-])c4)c3N)n2)c1N.[K+].[K+].[K+].[K+].[K+]. The van der Waals surface area contributed by atoms with E-state index in [1.54, 1.807) is 6.26 Å². The van der Waals surface area contributed by atoms with Gasteiger partial charge in [-0.25, -0.2) is 14.8 Å². The molecule has 0 aliphatic rings. The largest absolute Gasteiger partial charge is 1.00 e. The number of carboxylic acids is 2. The number of nitrogens with two attached hydrogens (primary N) is 2. The van der Waals surface area contributed by atoms with Gasteiger partial charge in [-0.2, -0.15) is 108 Å². The number of azo groups is 2. The molecule has 78 heavy (non-hydrogen) atoms. The Kier molecular flexibility index (Phi) is 33.6. The Balaban J connectivity index is 0.00000515. The first kappa shape index (κ1) is 76.5. The second-order valence-corrected chi connectivity index (χ2v) is 17.5. The fourth-order valence-electron chi connectivity index (χ4n) is 6.31. The van der Waals surface area contributed by atoms with Crippen LogP contribution in [0.1, 0.15) is 84.9 Å². The molecule has 35 heteroatoms. The average Bonchev–Trinajstić information content (AvgIpc) is 4.09. The molecule has 0 saturated heterocycles. The van der Waals surface area contributed by atoms with Gasteiger partial charge in [-0.3, -0.25) is 9.36 Å². The zero-order chi connectivity index (χ0) is 54.1. The quantitative estimate of drug-likeness (QED) is 0.0336. The molecule has 0 bridgehead atoms. The molecule has 7 rings (SSSR count). The number of aromatic nitrogens is 11. The summed E-state index contributed by atoms with van der Waals surface area (Å²) in [6.45, 7) is 18.8. The Hall–Kier alpha value is -1.55. The summed E-state index contributed by atoms with van der Waals surface area (Å²) in [6.07, 6.45) is 2.21. The van der Waals surface area contributed by atoms with Crippen LogP contribution in [0.25, 0.3) is 28.1 Å². The van der Waals surface area contributed by atoms with E-state index in [2.05, 4.69) is 85.4 Å². The second-order valence-electron chi connectivity index (χ2n) is 16.3. The summed E-state index contributed by atoms with van der Waals surface area (Å²) in [5, 5.41) is 82.8. The molecule has 372 valence electrons. The molecular weight excluding hydrogens is 1190 g/mol. The van der Waals surface area contributed by atoms with Crippen LogP contribution in [0.4, 0.5) is 40.3 Å². The topological polar surface area (TPSA) is 411 Å². The Morgan fingerprint density at radius 3 is 1.49 bits per heavy atom. The van der Waals surface area contributed by atoms with Gasteiger partial charge in [0, 0.05) is 28.5 Å². The normalized spacial score (nSPS) is 10.5. The predicted molar refractivity (Wildman–Crippen MR) is 247 cm³/mol. The van der Waals surface area contributed by atoms with Crippen molar-refractivity contribution >= 4 is 89.0 Å². The van der Waals surface area contributed by atoms with Crippen molar-refractivity contribution < 1.29 is 301 Å². The number of nitriles is 1. The third kappa shape index (κ3) is 18.2. The minimum absolute atomic E-state index is 0. The van der Waals surface area contributed by atoms with Crippen molar-refractivity contribution in [1.29, 1.82) is 5.26 Å². The molecule has 0 unspecified atom stereocenters. The van der Waals surface area contributed by atoms with E-state index in [0.29, 0.717) is 0 Å². The summed E-state index contributed by atoms with van der Waals surface area (Å²) >= 11 is 5.46. The number of hydrogen-bond acceptors (Lipinski definition) is 25. The molecule has 28 nitrogen and oxygen atoms in total. The number of nitrogens with zero attached hydrogens (tertiary/aromatic N) is 17. The van der Waals surface area contributed by atoms with Gasteiger partial charge in [0.15, 0.2) is 34.6 Å². The molecule has 2 aromatic carbocycles. The molecule has 4 N–H and O–H groups in total.